The van der Waals surface area contributed by atoms with E-state index in [9.17, 15) is 9.59 Å². The number of amides is 2. The summed E-state index contributed by atoms with van der Waals surface area (Å²) in [5.74, 6) is 6.68. The molecule has 2 aliphatic rings. The van der Waals surface area contributed by atoms with Gasteiger partial charge in [0.15, 0.2) is 0 Å². The fraction of sp³-hybridized carbons (Fsp3) is 0.310. The summed E-state index contributed by atoms with van der Waals surface area (Å²) in [6.07, 6.45) is 6.99. The molecule has 37 heavy (non-hydrogen) atoms. The maximum atomic E-state index is 13.1. The van der Waals surface area contributed by atoms with Gasteiger partial charge in [0.05, 0.1) is 19.4 Å². The lowest BCUT2D eigenvalue weighted by molar-refractivity contribution is -0.150. The molecule has 1 atom stereocenters. The minimum absolute atomic E-state index is 0.206. The van der Waals surface area contributed by atoms with Crippen LogP contribution in [0.1, 0.15) is 42.9 Å². The van der Waals surface area contributed by atoms with Crippen molar-refractivity contribution in [3.8, 4) is 0 Å². The highest BCUT2D eigenvalue weighted by Gasteiger charge is 2.33. The van der Waals surface area contributed by atoms with Crippen LogP contribution in [-0.4, -0.2) is 48.6 Å². The Morgan fingerprint density at radius 3 is 2.41 bits per heavy atom. The number of hydrazine groups is 1. The van der Waals surface area contributed by atoms with Gasteiger partial charge in [-0.05, 0) is 74.2 Å². The molecular formula is C29H34N4O4. The zero-order valence-corrected chi connectivity index (χ0v) is 21.4. The summed E-state index contributed by atoms with van der Waals surface area (Å²) in [6, 6.07) is 16.7. The Kier molecular flexibility index (Phi) is 8.43. The van der Waals surface area contributed by atoms with E-state index in [4.69, 9.17) is 15.3 Å². The van der Waals surface area contributed by atoms with Crippen molar-refractivity contribution in [2.45, 2.75) is 31.7 Å². The van der Waals surface area contributed by atoms with Crippen molar-refractivity contribution < 1.29 is 19.1 Å². The van der Waals surface area contributed by atoms with Gasteiger partial charge in [0, 0.05) is 5.70 Å². The fourth-order valence-corrected chi connectivity index (χ4v) is 4.88. The Labute approximate surface area is 218 Å². The highest BCUT2D eigenvalue weighted by atomic mass is 16.5. The maximum absolute atomic E-state index is 13.1. The average Bonchev–Trinajstić information content (AvgIpc) is 2.93. The predicted molar refractivity (Wildman–Crippen MR) is 143 cm³/mol. The van der Waals surface area contributed by atoms with E-state index >= 15 is 0 Å². The van der Waals surface area contributed by atoms with Gasteiger partial charge in [0.2, 0.25) is 5.88 Å². The Hall–Kier alpha value is -3.88. The van der Waals surface area contributed by atoms with Gasteiger partial charge in [0.1, 0.15) is 6.04 Å². The average molecular weight is 503 g/mol. The number of hydrogen-bond donors (Lipinski definition) is 1. The van der Waals surface area contributed by atoms with Crippen molar-refractivity contribution in [1.82, 2.24) is 9.80 Å². The van der Waals surface area contributed by atoms with Crippen LogP contribution in [0, 0.1) is 0 Å². The van der Waals surface area contributed by atoms with Crippen LogP contribution < -0.4 is 10.9 Å². The van der Waals surface area contributed by atoms with Crippen LogP contribution in [0.15, 0.2) is 91.0 Å². The topological polar surface area (TPSA) is 88.3 Å². The van der Waals surface area contributed by atoms with Gasteiger partial charge in [-0.25, -0.2) is 25.3 Å². The first-order valence-electron chi connectivity index (χ1n) is 12.5. The highest BCUT2D eigenvalue weighted by molar-refractivity contribution is 5.93. The fourth-order valence-electron chi connectivity index (χ4n) is 4.88. The molecule has 2 aromatic rings. The zero-order chi connectivity index (χ0) is 26.4. The first-order chi connectivity index (χ1) is 17.9. The smallest absolute Gasteiger partial charge is 0.350 e. The van der Waals surface area contributed by atoms with Gasteiger partial charge >= 0.3 is 12.0 Å². The largest absolute Gasteiger partial charge is 0.482 e. The van der Waals surface area contributed by atoms with Crippen LogP contribution in [0.4, 0.5) is 10.5 Å². The minimum Gasteiger partial charge on any atom is -0.482 e. The molecule has 1 saturated heterocycles. The number of esters is 1. The molecule has 8 heteroatoms. The minimum atomic E-state index is -0.463. The van der Waals surface area contributed by atoms with E-state index in [-0.39, 0.29) is 5.97 Å². The van der Waals surface area contributed by atoms with E-state index in [0.29, 0.717) is 29.8 Å². The van der Waals surface area contributed by atoms with Crippen LogP contribution in [0.2, 0.25) is 0 Å². The molecule has 2 N–H and O–H groups in total. The van der Waals surface area contributed by atoms with Gasteiger partial charge in [0.25, 0.3) is 0 Å². The monoisotopic (exact) mass is 502 g/mol. The molecule has 2 aromatic carbocycles. The Morgan fingerprint density at radius 1 is 1.11 bits per heavy atom. The Balaban J connectivity index is 1.41. The number of anilines is 1. The highest BCUT2D eigenvalue weighted by Crippen LogP contribution is 2.34. The summed E-state index contributed by atoms with van der Waals surface area (Å²) >= 11 is 0. The molecule has 194 valence electrons. The molecule has 0 saturated carbocycles. The number of carbonyl (C=O) groups is 2. The van der Waals surface area contributed by atoms with Crippen molar-refractivity contribution in [2.24, 2.45) is 5.84 Å². The van der Waals surface area contributed by atoms with Gasteiger partial charge < -0.3 is 9.47 Å². The number of likely N-dealkylation sites (tertiary alicyclic amines) is 1. The normalized spacial score (nSPS) is 17.2. The molecule has 1 unspecified atom stereocenters. The number of nitrogens with two attached hydrogens (primary N) is 1. The number of carbonyl (C=O) groups excluding carboxylic acids is 2. The van der Waals surface area contributed by atoms with Crippen LogP contribution in [0.5, 0.6) is 0 Å². The first-order valence-corrected chi connectivity index (χ1v) is 12.5. The summed E-state index contributed by atoms with van der Waals surface area (Å²) in [5.41, 5.74) is 3.17. The van der Waals surface area contributed by atoms with E-state index in [1.54, 1.807) is 18.2 Å². The van der Waals surface area contributed by atoms with Crippen molar-refractivity contribution in [3.63, 3.8) is 0 Å². The zero-order valence-electron chi connectivity index (χ0n) is 21.4. The van der Waals surface area contributed by atoms with Crippen LogP contribution in [0.25, 0.3) is 0 Å². The molecule has 0 aromatic heterocycles. The van der Waals surface area contributed by atoms with Gasteiger partial charge in [-0.2, -0.15) is 0 Å². The van der Waals surface area contributed by atoms with E-state index in [0.717, 1.165) is 36.5 Å². The Bertz CT molecular complexity index is 1170. The molecule has 2 amide bonds. The lowest BCUT2D eigenvalue weighted by Crippen LogP contribution is -2.46. The maximum Gasteiger partial charge on any atom is 0.350 e. The number of piperidine rings is 1. The number of urea groups is 1. The van der Waals surface area contributed by atoms with Crippen molar-refractivity contribution >= 4 is 17.7 Å². The standard InChI is InChI=1S/C29H34N4O4/c1-4-37-28(34)27(24-10-6-5-7-11-24)31-19-17-23(18-20-31)22-13-15-25(16-14-22)33(30)29(35)32-21(2)9-8-12-26(32)36-3/h5-16,23,27H,2,4,17-20,30H2,1,3H3. The molecule has 0 radical (unpaired) electrons. The van der Waals surface area contributed by atoms with Crippen molar-refractivity contribution in [3.05, 3.63) is 102 Å². The summed E-state index contributed by atoms with van der Waals surface area (Å²) in [5, 5.41) is 1.09. The molecule has 2 aliphatic heterocycles. The van der Waals surface area contributed by atoms with Crippen LogP contribution in [-0.2, 0) is 14.3 Å². The number of hydrogen-bond acceptors (Lipinski definition) is 6. The van der Waals surface area contributed by atoms with E-state index in [1.165, 1.54) is 17.6 Å². The van der Waals surface area contributed by atoms with Crippen LogP contribution in [0.3, 0.4) is 0 Å². The van der Waals surface area contributed by atoms with Crippen molar-refractivity contribution in [1.29, 1.82) is 0 Å². The SMILES string of the molecule is C=C1C=CC=C(OC)N1C(=O)N(N)c1ccc(C2CCN(C(C(=O)OCC)c3ccccc3)CC2)cc1. The lowest BCUT2D eigenvalue weighted by Gasteiger charge is -2.36. The summed E-state index contributed by atoms with van der Waals surface area (Å²) in [4.78, 5) is 29.4. The molecular weight excluding hydrogens is 468 g/mol. The second-order valence-corrected chi connectivity index (χ2v) is 9.01. The number of nitrogens with zero attached hydrogens (tertiary/aromatic N) is 3. The molecule has 0 bridgehead atoms. The Morgan fingerprint density at radius 2 is 1.78 bits per heavy atom. The lowest BCUT2D eigenvalue weighted by atomic mass is 9.88. The van der Waals surface area contributed by atoms with E-state index in [2.05, 4.69) is 11.5 Å². The van der Waals surface area contributed by atoms with Gasteiger partial charge in [-0.3, -0.25) is 4.90 Å². The first kappa shape index (κ1) is 26.2. The quantitative estimate of drug-likeness (QED) is 0.252. The molecule has 0 aliphatic carbocycles. The molecule has 4 rings (SSSR count). The number of allylic oxidation sites excluding steroid dienone is 3. The number of benzene rings is 2. The molecule has 0 spiro atoms. The van der Waals surface area contributed by atoms with Crippen molar-refractivity contribution in [2.75, 3.05) is 31.8 Å². The predicted octanol–water partition coefficient (Wildman–Crippen LogP) is 4.84. The van der Waals surface area contributed by atoms with Crippen LogP contribution >= 0.6 is 0 Å². The molecule has 8 nitrogen and oxygen atoms in total. The van der Waals surface area contributed by atoms with Gasteiger partial charge in [-0.15, -0.1) is 0 Å². The third-order valence-corrected chi connectivity index (χ3v) is 6.80. The molecule has 1 fully saturated rings. The summed E-state index contributed by atoms with van der Waals surface area (Å²) in [6.45, 7) is 7.66. The second-order valence-electron chi connectivity index (χ2n) is 9.01. The third-order valence-electron chi connectivity index (χ3n) is 6.80. The third kappa shape index (κ3) is 5.76. The van der Waals surface area contributed by atoms with E-state index in [1.807, 2.05) is 61.5 Å². The van der Waals surface area contributed by atoms with Gasteiger partial charge in [-0.1, -0.05) is 55.1 Å². The number of ether oxygens (including phenoxy) is 2. The number of methoxy groups -OCH3 is 1. The summed E-state index contributed by atoms with van der Waals surface area (Å²) in [7, 11) is 1.49. The van der Waals surface area contributed by atoms with E-state index < -0.39 is 12.1 Å². The number of rotatable bonds is 7. The molecule has 2 heterocycles. The second kappa shape index (κ2) is 11.9. The summed E-state index contributed by atoms with van der Waals surface area (Å²) < 4.78 is 10.7.